The first-order valence-electron chi connectivity index (χ1n) is 8.26. The van der Waals surface area contributed by atoms with Crippen molar-refractivity contribution in [2.45, 2.75) is 44.4 Å². The lowest BCUT2D eigenvalue weighted by molar-refractivity contribution is -0.122. The lowest BCUT2D eigenvalue weighted by atomic mass is 9.77. The molecule has 0 saturated heterocycles. The summed E-state index contributed by atoms with van der Waals surface area (Å²) >= 11 is 0. The zero-order valence-corrected chi connectivity index (χ0v) is 13.1. The third-order valence-electron chi connectivity index (χ3n) is 4.52. The summed E-state index contributed by atoms with van der Waals surface area (Å²) in [5.41, 5.74) is 1.47. The molecule has 3 nitrogen and oxygen atoms in total. The largest absolute Gasteiger partial charge is 0.356 e. The van der Waals surface area contributed by atoms with E-state index in [1.54, 1.807) is 0 Å². The van der Waals surface area contributed by atoms with Gasteiger partial charge in [0.25, 0.3) is 0 Å². The fourth-order valence-corrected chi connectivity index (χ4v) is 3.25. The van der Waals surface area contributed by atoms with Crippen molar-refractivity contribution in [1.82, 2.24) is 10.6 Å². The zero-order chi connectivity index (χ0) is 14.9. The quantitative estimate of drug-likeness (QED) is 0.757. The number of amides is 1. The molecule has 1 amide bonds. The van der Waals surface area contributed by atoms with Crippen molar-refractivity contribution in [3.8, 4) is 0 Å². The number of hydrogen-bond donors (Lipinski definition) is 2. The second-order valence-electron chi connectivity index (χ2n) is 6.14. The van der Waals surface area contributed by atoms with E-state index in [1.807, 2.05) is 7.05 Å². The Labute approximate surface area is 128 Å². The molecule has 0 atom stereocenters. The van der Waals surface area contributed by atoms with E-state index in [0.29, 0.717) is 18.3 Å². The summed E-state index contributed by atoms with van der Waals surface area (Å²) < 4.78 is 0. The molecule has 1 aliphatic rings. The topological polar surface area (TPSA) is 41.1 Å². The molecule has 0 radical (unpaired) electrons. The maximum absolute atomic E-state index is 11.9. The molecule has 116 valence electrons. The van der Waals surface area contributed by atoms with Crippen LogP contribution in [0.15, 0.2) is 30.3 Å². The summed E-state index contributed by atoms with van der Waals surface area (Å²) in [4.78, 5) is 11.9. The van der Waals surface area contributed by atoms with Gasteiger partial charge in [-0.25, -0.2) is 0 Å². The van der Waals surface area contributed by atoms with Crippen molar-refractivity contribution in [1.29, 1.82) is 0 Å². The van der Waals surface area contributed by atoms with E-state index in [-0.39, 0.29) is 5.91 Å². The summed E-state index contributed by atoms with van der Waals surface area (Å²) in [5, 5.41) is 6.12. The first kappa shape index (κ1) is 16.0. The molecular formula is C18H28N2O. The minimum Gasteiger partial charge on any atom is -0.356 e. The molecule has 2 rings (SSSR count). The van der Waals surface area contributed by atoms with Gasteiger partial charge in [0, 0.05) is 13.0 Å². The molecule has 1 aliphatic carbocycles. The smallest absolute Gasteiger partial charge is 0.220 e. The standard InChI is InChI=1S/C18H28N2O/c1-19-12-5-13-20-18(21)14-15-8-10-17(11-9-15)16-6-3-2-4-7-16/h2-4,6-7,15,17,19H,5,8-14H2,1H3,(H,20,21). The van der Waals surface area contributed by atoms with Crippen molar-refractivity contribution in [2.75, 3.05) is 20.1 Å². The highest BCUT2D eigenvalue weighted by Crippen LogP contribution is 2.36. The van der Waals surface area contributed by atoms with Gasteiger partial charge >= 0.3 is 0 Å². The molecule has 0 heterocycles. The zero-order valence-electron chi connectivity index (χ0n) is 13.1. The van der Waals surface area contributed by atoms with E-state index < -0.39 is 0 Å². The van der Waals surface area contributed by atoms with Gasteiger partial charge in [0.15, 0.2) is 0 Å². The molecule has 0 bridgehead atoms. The molecule has 2 N–H and O–H groups in total. The summed E-state index contributed by atoms with van der Waals surface area (Å²) in [7, 11) is 1.94. The molecule has 0 aliphatic heterocycles. The predicted molar refractivity (Wildman–Crippen MR) is 87.3 cm³/mol. The summed E-state index contributed by atoms with van der Waals surface area (Å²) in [6.07, 6.45) is 6.53. The minimum atomic E-state index is 0.231. The van der Waals surface area contributed by atoms with E-state index in [1.165, 1.54) is 31.2 Å². The van der Waals surface area contributed by atoms with Crippen molar-refractivity contribution >= 4 is 5.91 Å². The van der Waals surface area contributed by atoms with Crippen molar-refractivity contribution in [3.05, 3.63) is 35.9 Å². The van der Waals surface area contributed by atoms with E-state index >= 15 is 0 Å². The van der Waals surface area contributed by atoms with Gasteiger partial charge in [-0.1, -0.05) is 30.3 Å². The Morgan fingerprint density at radius 3 is 2.48 bits per heavy atom. The van der Waals surface area contributed by atoms with Gasteiger partial charge < -0.3 is 10.6 Å². The number of hydrogen-bond acceptors (Lipinski definition) is 2. The molecule has 21 heavy (non-hydrogen) atoms. The second-order valence-corrected chi connectivity index (χ2v) is 6.14. The monoisotopic (exact) mass is 288 g/mol. The van der Waals surface area contributed by atoms with Gasteiger partial charge in [0.05, 0.1) is 0 Å². The highest BCUT2D eigenvalue weighted by atomic mass is 16.1. The maximum atomic E-state index is 11.9. The van der Waals surface area contributed by atoms with Gasteiger partial charge in [0.2, 0.25) is 5.91 Å². The molecule has 0 unspecified atom stereocenters. The van der Waals surface area contributed by atoms with E-state index in [4.69, 9.17) is 0 Å². The summed E-state index contributed by atoms with van der Waals surface area (Å²) in [5.74, 6) is 1.50. The average molecular weight is 288 g/mol. The third kappa shape index (κ3) is 5.50. The van der Waals surface area contributed by atoms with Crippen molar-refractivity contribution < 1.29 is 4.79 Å². The molecule has 0 aromatic heterocycles. The van der Waals surface area contributed by atoms with Crippen LogP contribution in [-0.2, 0) is 4.79 Å². The van der Waals surface area contributed by atoms with Crippen LogP contribution in [0, 0.1) is 5.92 Å². The maximum Gasteiger partial charge on any atom is 0.220 e. The van der Waals surface area contributed by atoms with Crippen LogP contribution in [0.1, 0.15) is 50.0 Å². The van der Waals surface area contributed by atoms with Gasteiger partial charge in [-0.05, 0) is 63.1 Å². The van der Waals surface area contributed by atoms with Gasteiger partial charge in [-0.3, -0.25) is 4.79 Å². The minimum absolute atomic E-state index is 0.231. The first-order chi connectivity index (χ1) is 10.3. The molecule has 1 saturated carbocycles. The van der Waals surface area contributed by atoms with E-state index in [9.17, 15) is 4.79 Å². The lowest BCUT2D eigenvalue weighted by Crippen LogP contribution is -2.29. The Kier molecular flexibility index (Phi) is 6.74. The molecule has 3 heteroatoms. The molecule has 1 aromatic carbocycles. The SMILES string of the molecule is CNCCCNC(=O)CC1CCC(c2ccccc2)CC1. The highest BCUT2D eigenvalue weighted by Gasteiger charge is 2.23. The highest BCUT2D eigenvalue weighted by molar-refractivity contribution is 5.76. The normalized spacial score (nSPS) is 22.0. The van der Waals surface area contributed by atoms with Gasteiger partial charge in [0.1, 0.15) is 0 Å². The van der Waals surface area contributed by atoms with Crippen LogP contribution >= 0.6 is 0 Å². The third-order valence-corrected chi connectivity index (χ3v) is 4.52. The van der Waals surface area contributed by atoms with Crippen LogP contribution in [0.4, 0.5) is 0 Å². The van der Waals surface area contributed by atoms with Gasteiger partial charge in [-0.2, -0.15) is 0 Å². The average Bonchev–Trinajstić information content (AvgIpc) is 2.53. The Balaban J connectivity index is 1.66. The number of carbonyl (C=O) groups is 1. The number of rotatable bonds is 7. The Morgan fingerprint density at radius 2 is 1.81 bits per heavy atom. The van der Waals surface area contributed by atoms with Crippen LogP contribution < -0.4 is 10.6 Å². The van der Waals surface area contributed by atoms with E-state index in [2.05, 4.69) is 41.0 Å². The summed E-state index contributed by atoms with van der Waals surface area (Å²) in [6.45, 7) is 1.75. The second kappa shape index (κ2) is 8.83. The van der Waals surface area contributed by atoms with Crippen LogP contribution in [0.3, 0.4) is 0 Å². The molecular weight excluding hydrogens is 260 g/mol. The molecule has 1 fully saturated rings. The van der Waals surface area contributed by atoms with E-state index in [0.717, 1.165) is 19.5 Å². The van der Waals surface area contributed by atoms with Crippen LogP contribution in [0.25, 0.3) is 0 Å². The first-order valence-corrected chi connectivity index (χ1v) is 8.26. The fourth-order valence-electron chi connectivity index (χ4n) is 3.25. The molecule has 0 spiro atoms. The Hall–Kier alpha value is -1.35. The number of nitrogens with one attached hydrogen (secondary N) is 2. The van der Waals surface area contributed by atoms with Crippen LogP contribution in [0.2, 0.25) is 0 Å². The number of carbonyl (C=O) groups excluding carboxylic acids is 1. The summed E-state index contributed by atoms with van der Waals surface area (Å²) in [6, 6.07) is 10.8. The van der Waals surface area contributed by atoms with Gasteiger partial charge in [-0.15, -0.1) is 0 Å². The van der Waals surface area contributed by atoms with Crippen LogP contribution in [-0.4, -0.2) is 26.0 Å². The Morgan fingerprint density at radius 1 is 1.10 bits per heavy atom. The lowest BCUT2D eigenvalue weighted by Gasteiger charge is -2.28. The fraction of sp³-hybridized carbons (Fsp3) is 0.611. The Bertz CT molecular complexity index is 410. The predicted octanol–water partition coefficient (Wildman–Crippen LogP) is 3.08. The van der Waals surface area contributed by atoms with Crippen molar-refractivity contribution in [3.63, 3.8) is 0 Å². The molecule has 1 aromatic rings. The number of benzene rings is 1. The van der Waals surface area contributed by atoms with Crippen molar-refractivity contribution in [2.24, 2.45) is 5.92 Å². The van der Waals surface area contributed by atoms with Crippen LogP contribution in [0.5, 0.6) is 0 Å².